The summed E-state index contributed by atoms with van der Waals surface area (Å²) in [4.78, 5) is 0. The normalized spacial score (nSPS) is 12.8. The van der Waals surface area contributed by atoms with Gasteiger partial charge in [-0.1, -0.05) is 69.5 Å². The molecular weight excluding hydrogens is 398 g/mol. The van der Waals surface area contributed by atoms with Crippen LogP contribution in [0.1, 0.15) is 16.5 Å². The molecule has 0 fully saturated rings. The summed E-state index contributed by atoms with van der Waals surface area (Å²) in [5.74, 6) is 0. The summed E-state index contributed by atoms with van der Waals surface area (Å²) in [7, 11) is 0. The van der Waals surface area contributed by atoms with Crippen molar-refractivity contribution in [3.8, 4) is 0 Å². The van der Waals surface area contributed by atoms with Gasteiger partial charge in [0.05, 0.1) is 14.0 Å². The average Bonchev–Trinajstić information content (AvgIpc) is 2.78. The zero-order valence-electron chi connectivity index (χ0n) is 10.0. The highest BCUT2D eigenvalue weighted by Crippen LogP contribution is 2.43. The standard InChI is InChI=1S/C15H8BrCl3S/c16-12-6-5-10(8-3-1-2-4-9(8)12)14(18)11-7-13(17)20-15(11)19/h1-7,14H. The predicted molar refractivity (Wildman–Crippen MR) is 93.7 cm³/mol. The van der Waals surface area contributed by atoms with Crippen molar-refractivity contribution in [2.75, 3.05) is 0 Å². The summed E-state index contributed by atoms with van der Waals surface area (Å²) in [5, 5.41) is 1.93. The van der Waals surface area contributed by atoms with E-state index < -0.39 is 0 Å². The maximum Gasteiger partial charge on any atom is 0.0994 e. The number of hydrogen-bond acceptors (Lipinski definition) is 1. The molecule has 0 nitrogen and oxygen atoms in total. The van der Waals surface area contributed by atoms with E-state index in [9.17, 15) is 0 Å². The maximum atomic E-state index is 6.63. The minimum Gasteiger partial charge on any atom is -0.112 e. The Labute approximate surface area is 144 Å². The van der Waals surface area contributed by atoms with Crippen molar-refractivity contribution in [3.05, 3.63) is 66.7 Å². The first-order chi connectivity index (χ1) is 9.58. The maximum absolute atomic E-state index is 6.63. The Hall–Kier alpha value is -0.250. The Kier molecular flexibility index (Phi) is 4.30. The van der Waals surface area contributed by atoms with Crippen molar-refractivity contribution < 1.29 is 0 Å². The first-order valence-corrected chi connectivity index (χ1v) is 8.64. The molecule has 20 heavy (non-hydrogen) atoms. The van der Waals surface area contributed by atoms with Crippen molar-refractivity contribution in [2.24, 2.45) is 0 Å². The lowest BCUT2D eigenvalue weighted by atomic mass is 9.99. The van der Waals surface area contributed by atoms with Crippen LogP contribution < -0.4 is 0 Å². The second-order valence-corrected chi connectivity index (χ2v) is 7.90. The monoisotopic (exact) mass is 404 g/mol. The molecule has 3 aromatic rings. The Morgan fingerprint density at radius 3 is 2.30 bits per heavy atom. The fourth-order valence-electron chi connectivity index (χ4n) is 2.20. The third kappa shape index (κ3) is 2.60. The minimum atomic E-state index is -0.316. The molecule has 1 aromatic heterocycles. The summed E-state index contributed by atoms with van der Waals surface area (Å²) < 4.78 is 2.34. The van der Waals surface area contributed by atoms with E-state index in [2.05, 4.69) is 28.1 Å². The molecule has 0 saturated carbocycles. The number of halogens is 4. The highest BCUT2D eigenvalue weighted by Gasteiger charge is 2.19. The van der Waals surface area contributed by atoms with Crippen LogP contribution in [-0.4, -0.2) is 0 Å². The van der Waals surface area contributed by atoms with Crippen molar-refractivity contribution in [1.29, 1.82) is 0 Å². The van der Waals surface area contributed by atoms with Crippen LogP contribution in [0.2, 0.25) is 8.67 Å². The number of benzene rings is 2. The van der Waals surface area contributed by atoms with E-state index in [4.69, 9.17) is 34.8 Å². The van der Waals surface area contributed by atoms with E-state index in [0.29, 0.717) is 8.67 Å². The lowest BCUT2D eigenvalue weighted by Crippen LogP contribution is -1.94. The van der Waals surface area contributed by atoms with Crippen LogP contribution in [0.4, 0.5) is 0 Å². The molecule has 3 rings (SSSR count). The van der Waals surface area contributed by atoms with Gasteiger partial charge in [-0.2, -0.15) is 0 Å². The second-order valence-electron chi connectivity index (χ2n) is 4.32. The van der Waals surface area contributed by atoms with Gasteiger partial charge in [-0.3, -0.25) is 0 Å². The minimum absolute atomic E-state index is 0.316. The molecule has 0 N–H and O–H groups in total. The van der Waals surface area contributed by atoms with E-state index in [0.717, 1.165) is 26.4 Å². The van der Waals surface area contributed by atoms with Crippen molar-refractivity contribution >= 4 is 72.8 Å². The third-order valence-electron chi connectivity index (χ3n) is 3.13. The molecule has 0 bridgehead atoms. The average molecular weight is 407 g/mol. The smallest absolute Gasteiger partial charge is 0.0994 e. The van der Waals surface area contributed by atoms with Gasteiger partial charge in [-0.25, -0.2) is 0 Å². The largest absolute Gasteiger partial charge is 0.112 e. The highest BCUT2D eigenvalue weighted by molar-refractivity contribution is 9.10. The van der Waals surface area contributed by atoms with Gasteiger partial charge in [0.25, 0.3) is 0 Å². The van der Waals surface area contributed by atoms with Gasteiger partial charge >= 0.3 is 0 Å². The molecule has 0 amide bonds. The molecule has 1 atom stereocenters. The van der Waals surface area contributed by atoms with Crippen LogP contribution in [0.3, 0.4) is 0 Å². The van der Waals surface area contributed by atoms with Gasteiger partial charge in [0, 0.05) is 10.0 Å². The SMILES string of the molecule is Clc1cc(C(Cl)c2ccc(Br)c3ccccc23)c(Cl)s1. The molecule has 0 saturated heterocycles. The Morgan fingerprint density at radius 1 is 0.950 bits per heavy atom. The van der Waals surface area contributed by atoms with Crippen molar-refractivity contribution in [1.82, 2.24) is 0 Å². The fraction of sp³-hybridized carbons (Fsp3) is 0.0667. The number of rotatable bonds is 2. The zero-order valence-corrected chi connectivity index (χ0v) is 14.7. The first kappa shape index (κ1) is 14.7. The summed E-state index contributed by atoms with van der Waals surface area (Å²) in [6.07, 6.45) is 0. The van der Waals surface area contributed by atoms with Crippen LogP contribution in [0.15, 0.2) is 46.9 Å². The number of thiophene rings is 1. The molecule has 0 aliphatic heterocycles. The van der Waals surface area contributed by atoms with E-state index in [1.54, 1.807) is 0 Å². The predicted octanol–water partition coefficient (Wildman–Crippen LogP) is 7.30. The summed E-state index contributed by atoms with van der Waals surface area (Å²) in [6.45, 7) is 0. The number of fused-ring (bicyclic) bond motifs is 1. The number of alkyl halides is 1. The quantitative estimate of drug-likeness (QED) is 0.392. The van der Waals surface area contributed by atoms with E-state index in [-0.39, 0.29) is 5.38 Å². The molecule has 5 heteroatoms. The van der Waals surface area contributed by atoms with Crippen LogP contribution in [0.25, 0.3) is 10.8 Å². The highest BCUT2D eigenvalue weighted by atomic mass is 79.9. The van der Waals surface area contributed by atoms with Gasteiger partial charge in [0.1, 0.15) is 0 Å². The van der Waals surface area contributed by atoms with E-state index in [1.165, 1.54) is 11.3 Å². The fourth-order valence-corrected chi connectivity index (χ4v) is 4.69. The second kappa shape index (κ2) is 5.86. The Morgan fingerprint density at radius 2 is 1.65 bits per heavy atom. The molecule has 0 aliphatic rings. The molecule has 1 unspecified atom stereocenters. The van der Waals surface area contributed by atoms with Crippen molar-refractivity contribution in [3.63, 3.8) is 0 Å². The van der Waals surface area contributed by atoms with Gasteiger partial charge in [-0.15, -0.1) is 22.9 Å². The number of hydrogen-bond donors (Lipinski definition) is 0. The first-order valence-electron chi connectivity index (χ1n) is 5.84. The molecule has 1 heterocycles. The molecule has 0 radical (unpaired) electrons. The van der Waals surface area contributed by atoms with Gasteiger partial charge in [-0.05, 0) is 28.5 Å². The molecule has 2 aromatic carbocycles. The Balaban J connectivity index is 2.20. The van der Waals surface area contributed by atoms with E-state index >= 15 is 0 Å². The van der Waals surface area contributed by atoms with Gasteiger partial charge < -0.3 is 0 Å². The van der Waals surface area contributed by atoms with Crippen LogP contribution in [-0.2, 0) is 0 Å². The molecule has 102 valence electrons. The zero-order chi connectivity index (χ0) is 14.3. The molecule has 0 aliphatic carbocycles. The lowest BCUT2D eigenvalue weighted by molar-refractivity contribution is 1.17. The third-order valence-corrected chi connectivity index (χ3v) is 5.81. The van der Waals surface area contributed by atoms with Gasteiger partial charge in [0.15, 0.2) is 0 Å². The van der Waals surface area contributed by atoms with Crippen LogP contribution >= 0.6 is 62.1 Å². The van der Waals surface area contributed by atoms with E-state index in [1.807, 2.05) is 30.3 Å². The summed E-state index contributed by atoms with van der Waals surface area (Å²) in [6, 6.07) is 14.0. The summed E-state index contributed by atoms with van der Waals surface area (Å²) in [5.41, 5.74) is 1.89. The van der Waals surface area contributed by atoms with Gasteiger partial charge in [0.2, 0.25) is 0 Å². The molecular formula is C15H8BrCl3S. The van der Waals surface area contributed by atoms with Crippen LogP contribution in [0, 0.1) is 0 Å². The Bertz CT molecular complexity index is 782. The van der Waals surface area contributed by atoms with Crippen LogP contribution in [0.5, 0.6) is 0 Å². The summed E-state index contributed by atoms with van der Waals surface area (Å²) >= 11 is 23.8. The molecule has 0 spiro atoms. The topological polar surface area (TPSA) is 0 Å². The lowest BCUT2D eigenvalue weighted by Gasteiger charge is -2.13. The van der Waals surface area contributed by atoms with Crippen molar-refractivity contribution in [2.45, 2.75) is 5.38 Å².